The predicted molar refractivity (Wildman–Crippen MR) is 81.6 cm³/mol. The highest BCUT2D eigenvalue weighted by Gasteiger charge is 2.32. The van der Waals surface area contributed by atoms with E-state index < -0.39 is 19.1 Å². The van der Waals surface area contributed by atoms with Gasteiger partial charge in [-0.25, -0.2) is 8.78 Å². The number of rotatable bonds is 6. The molecule has 122 valence electrons. The summed E-state index contributed by atoms with van der Waals surface area (Å²) in [6, 6.07) is 7.04. The molecule has 2 rings (SSSR count). The Kier molecular flexibility index (Phi) is 5.57. The maximum absolute atomic E-state index is 12.8. The monoisotopic (exact) mass is 312 g/mol. The number of halogens is 2. The van der Waals surface area contributed by atoms with Crippen molar-refractivity contribution in [2.24, 2.45) is 0 Å². The van der Waals surface area contributed by atoms with Crippen molar-refractivity contribution in [3.05, 3.63) is 24.3 Å². The molecule has 1 heterocycles. The first-order valence-corrected chi connectivity index (χ1v) is 7.64. The van der Waals surface area contributed by atoms with Crippen LogP contribution in [0.1, 0.15) is 26.7 Å². The molecule has 0 aliphatic carbocycles. The molecule has 1 atom stereocenters. The Morgan fingerprint density at radius 2 is 2.05 bits per heavy atom. The highest BCUT2D eigenvalue weighted by Crippen LogP contribution is 2.33. The summed E-state index contributed by atoms with van der Waals surface area (Å²) in [5, 5.41) is 2.91. The van der Waals surface area contributed by atoms with Crippen LogP contribution in [0.2, 0.25) is 0 Å². The second kappa shape index (κ2) is 7.42. The zero-order valence-electron chi connectivity index (χ0n) is 12.9. The topological polar surface area (TPSA) is 41.6 Å². The summed E-state index contributed by atoms with van der Waals surface area (Å²) >= 11 is 0. The Labute approximate surface area is 129 Å². The van der Waals surface area contributed by atoms with Gasteiger partial charge in [0, 0.05) is 6.04 Å². The molecule has 1 aromatic carbocycles. The minimum atomic E-state index is -2.46. The summed E-state index contributed by atoms with van der Waals surface area (Å²) in [5.74, 6) is 0.224. The van der Waals surface area contributed by atoms with Crippen molar-refractivity contribution in [3.8, 4) is 5.75 Å². The molecule has 0 saturated carbocycles. The van der Waals surface area contributed by atoms with Gasteiger partial charge in [-0.05, 0) is 25.0 Å². The predicted octanol–water partition coefficient (Wildman–Crippen LogP) is 2.82. The zero-order valence-corrected chi connectivity index (χ0v) is 12.9. The van der Waals surface area contributed by atoms with Crippen molar-refractivity contribution >= 4 is 11.6 Å². The van der Waals surface area contributed by atoms with Crippen LogP contribution in [0.4, 0.5) is 14.5 Å². The zero-order chi connectivity index (χ0) is 16.1. The first kappa shape index (κ1) is 16.5. The molecule has 1 N–H and O–H groups in total. The van der Waals surface area contributed by atoms with E-state index in [-0.39, 0.29) is 18.5 Å². The summed E-state index contributed by atoms with van der Waals surface area (Å²) in [6.45, 7) is 3.71. The SMILES string of the molecule is CCC(CC)NC(=O)C1CN(CC(F)F)c2ccccc2O1. The number of ether oxygens (including phenoxy) is 1. The fraction of sp³-hybridized carbons (Fsp3) is 0.562. The summed E-state index contributed by atoms with van der Waals surface area (Å²) in [5.41, 5.74) is 0.606. The van der Waals surface area contributed by atoms with Crippen LogP contribution < -0.4 is 15.0 Å². The smallest absolute Gasteiger partial charge is 0.263 e. The van der Waals surface area contributed by atoms with E-state index in [0.29, 0.717) is 11.4 Å². The average molecular weight is 312 g/mol. The molecular weight excluding hydrogens is 290 g/mol. The fourth-order valence-corrected chi connectivity index (χ4v) is 2.57. The van der Waals surface area contributed by atoms with Gasteiger partial charge in [-0.3, -0.25) is 4.79 Å². The summed E-state index contributed by atoms with van der Waals surface area (Å²) in [7, 11) is 0. The first-order chi connectivity index (χ1) is 10.5. The largest absolute Gasteiger partial charge is 0.477 e. The normalized spacial score (nSPS) is 17.4. The molecule has 1 aromatic rings. The highest BCUT2D eigenvalue weighted by atomic mass is 19.3. The van der Waals surface area contributed by atoms with Gasteiger partial charge < -0.3 is 15.0 Å². The van der Waals surface area contributed by atoms with Crippen molar-refractivity contribution in [1.82, 2.24) is 5.32 Å². The van der Waals surface area contributed by atoms with Gasteiger partial charge in [0.2, 0.25) is 0 Å². The fourth-order valence-electron chi connectivity index (χ4n) is 2.57. The average Bonchev–Trinajstić information content (AvgIpc) is 2.51. The van der Waals surface area contributed by atoms with Gasteiger partial charge in [0.05, 0.1) is 18.8 Å². The molecule has 4 nitrogen and oxygen atoms in total. The van der Waals surface area contributed by atoms with E-state index in [9.17, 15) is 13.6 Å². The lowest BCUT2D eigenvalue weighted by molar-refractivity contribution is -0.128. The number of carbonyl (C=O) groups excluding carboxylic acids is 1. The Hall–Kier alpha value is -1.85. The number of nitrogens with one attached hydrogen (secondary N) is 1. The minimum absolute atomic E-state index is 0.0804. The van der Waals surface area contributed by atoms with E-state index in [4.69, 9.17) is 4.74 Å². The summed E-state index contributed by atoms with van der Waals surface area (Å²) in [4.78, 5) is 13.8. The van der Waals surface area contributed by atoms with Crippen LogP contribution in [-0.2, 0) is 4.79 Å². The third-order valence-corrected chi connectivity index (χ3v) is 3.84. The van der Waals surface area contributed by atoms with Gasteiger partial charge in [-0.1, -0.05) is 26.0 Å². The Morgan fingerprint density at radius 1 is 1.36 bits per heavy atom. The van der Waals surface area contributed by atoms with Crippen molar-refractivity contribution in [2.45, 2.75) is 45.3 Å². The van der Waals surface area contributed by atoms with Gasteiger partial charge in [0.1, 0.15) is 5.75 Å². The van der Waals surface area contributed by atoms with Crippen LogP contribution in [0.3, 0.4) is 0 Å². The molecule has 0 fully saturated rings. The number of amides is 1. The molecule has 1 aliphatic heterocycles. The molecule has 0 radical (unpaired) electrons. The van der Waals surface area contributed by atoms with Crippen molar-refractivity contribution < 1.29 is 18.3 Å². The number of benzene rings is 1. The van der Waals surface area contributed by atoms with Crippen LogP contribution in [0.15, 0.2) is 24.3 Å². The minimum Gasteiger partial charge on any atom is -0.477 e. The van der Waals surface area contributed by atoms with Gasteiger partial charge in [-0.2, -0.15) is 0 Å². The molecule has 1 amide bonds. The number of alkyl halides is 2. The van der Waals surface area contributed by atoms with Crippen LogP contribution in [0, 0.1) is 0 Å². The lowest BCUT2D eigenvalue weighted by atomic mass is 10.1. The third-order valence-electron chi connectivity index (χ3n) is 3.84. The van der Waals surface area contributed by atoms with Crippen LogP contribution >= 0.6 is 0 Å². The molecule has 22 heavy (non-hydrogen) atoms. The molecular formula is C16H22F2N2O2. The van der Waals surface area contributed by atoms with Crippen LogP contribution in [0.5, 0.6) is 5.75 Å². The lowest BCUT2D eigenvalue weighted by Gasteiger charge is -2.35. The maximum atomic E-state index is 12.8. The van der Waals surface area contributed by atoms with E-state index in [1.54, 1.807) is 24.3 Å². The molecule has 1 unspecified atom stereocenters. The maximum Gasteiger partial charge on any atom is 0.263 e. The van der Waals surface area contributed by atoms with E-state index in [1.807, 2.05) is 13.8 Å². The Morgan fingerprint density at radius 3 is 2.68 bits per heavy atom. The highest BCUT2D eigenvalue weighted by molar-refractivity contribution is 5.83. The lowest BCUT2D eigenvalue weighted by Crippen LogP contribution is -2.51. The van der Waals surface area contributed by atoms with Crippen LogP contribution in [-0.4, -0.2) is 37.6 Å². The summed E-state index contributed by atoms with van der Waals surface area (Å²) in [6.07, 6.45) is -1.58. The number of nitrogens with zero attached hydrogens (tertiary/aromatic N) is 1. The van der Waals surface area contributed by atoms with Gasteiger partial charge in [-0.15, -0.1) is 0 Å². The molecule has 0 bridgehead atoms. The number of hydrogen-bond donors (Lipinski definition) is 1. The van der Waals surface area contributed by atoms with Crippen molar-refractivity contribution in [3.63, 3.8) is 0 Å². The van der Waals surface area contributed by atoms with E-state index >= 15 is 0 Å². The number of fused-ring (bicyclic) bond motifs is 1. The number of anilines is 1. The van der Waals surface area contributed by atoms with Crippen molar-refractivity contribution in [1.29, 1.82) is 0 Å². The third kappa shape index (κ3) is 3.87. The molecule has 0 spiro atoms. The number of hydrogen-bond acceptors (Lipinski definition) is 3. The van der Waals surface area contributed by atoms with Crippen molar-refractivity contribution in [2.75, 3.05) is 18.0 Å². The van der Waals surface area contributed by atoms with Gasteiger partial charge in [0.15, 0.2) is 6.10 Å². The van der Waals surface area contributed by atoms with Gasteiger partial charge >= 0.3 is 0 Å². The standard InChI is InChI=1S/C16H22F2N2O2/c1-3-11(4-2)19-16(21)14-9-20(10-15(17)18)12-7-5-6-8-13(12)22-14/h5-8,11,14-15H,3-4,9-10H2,1-2H3,(H,19,21). The van der Waals surface area contributed by atoms with E-state index in [2.05, 4.69) is 5.32 Å². The summed E-state index contributed by atoms with van der Waals surface area (Å²) < 4.78 is 31.3. The molecule has 0 saturated heterocycles. The second-order valence-corrected chi connectivity index (χ2v) is 5.39. The van der Waals surface area contributed by atoms with E-state index in [1.165, 1.54) is 4.90 Å². The Bertz CT molecular complexity index is 507. The molecule has 6 heteroatoms. The molecule has 1 aliphatic rings. The van der Waals surface area contributed by atoms with Crippen LogP contribution in [0.25, 0.3) is 0 Å². The number of para-hydroxylation sites is 2. The quantitative estimate of drug-likeness (QED) is 0.878. The Balaban J connectivity index is 2.14. The van der Waals surface area contributed by atoms with Gasteiger partial charge in [0.25, 0.3) is 12.3 Å². The second-order valence-electron chi connectivity index (χ2n) is 5.39. The molecule has 0 aromatic heterocycles. The number of carbonyl (C=O) groups is 1. The first-order valence-electron chi connectivity index (χ1n) is 7.64. The van der Waals surface area contributed by atoms with E-state index in [0.717, 1.165) is 12.8 Å².